The van der Waals surface area contributed by atoms with E-state index >= 15 is 0 Å². The first kappa shape index (κ1) is 17.8. The van der Waals surface area contributed by atoms with Crippen LogP contribution in [0.5, 0.6) is 0 Å². The van der Waals surface area contributed by atoms with E-state index in [0.29, 0.717) is 28.8 Å². The second-order valence-corrected chi connectivity index (χ2v) is 6.23. The molecule has 0 aliphatic carbocycles. The summed E-state index contributed by atoms with van der Waals surface area (Å²) in [6, 6.07) is 10.3. The van der Waals surface area contributed by atoms with Crippen molar-refractivity contribution in [2.24, 2.45) is 0 Å². The highest BCUT2D eigenvalue weighted by atomic mass is 32.2. The molecule has 2 aromatic heterocycles. The largest absolute Gasteiger partial charge is 0.411 e. The molecular weight excluding hydrogens is 352 g/mol. The Morgan fingerprint density at radius 2 is 1.81 bits per heavy atom. The summed E-state index contributed by atoms with van der Waals surface area (Å²) in [5.74, 6) is 0.435. The second kappa shape index (κ2) is 8.39. The number of nitrogens with one attached hydrogen (secondary N) is 1. The van der Waals surface area contributed by atoms with Crippen LogP contribution in [0.3, 0.4) is 0 Å². The van der Waals surface area contributed by atoms with E-state index in [9.17, 15) is 9.59 Å². The molecule has 3 rings (SSSR count). The molecule has 0 saturated carbocycles. The Morgan fingerprint density at radius 1 is 1.08 bits per heavy atom. The predicted octanol–water partition coefficient (Wildman–Crippen LogP) is 3.46. The average Bonchev–Trinajstić information content (AvgIpc) is 3.16. The minimum atomic E-state index is -0.0685. The van der Waals surface area contributed by atoms with Gasteiger partial charge in [0.25, 0.3) is 5.22 Å². The van der Waals surface area contributed by atoms with Crippen LogP contribution in [0.15, 0.2) is 58.4 Å². The Morgan fingerprint density at radius 3 is 2.50 bits per heavy atom. The van der Waals surface area contributed by atoms with Gasteiger partial charge in [-0.3, -0.25) is 14.6 Å². The van der Waals surface area contributed by atoms with Gasteiger partial charge in [-0.05, 0) is 36.4 Å². The number of ketones is 1. The normalized spacial score (nSPS) is 10.5. The molecule has 26 heavy (non-hydrogen) atoms. The first-order valence-electron chi connectivity index (χ1n) is 7.95. The Hall–Kier alpha value is -3.00. The van der Waals surface area contributed by atoms with E-state index in [-0.39, 0.29) is 17.4 Å². The molecule has 0 atom stereocenters. The molecule has 0 saturated heterocycles. The van der Waals surface area contributed by atoms with Crippen LogP contribution < -0.4 is 5.32 Å². The first-order valence-corrected chi connectivity index (χ1v) is 8.94. The fourth-order valence-electron chi connectivity index (χ4n) is 2.08. The monoisotopic (exact) mass is 368 g/mol. The molecule has 2 heterocycles. The van der Waals surface area contributed by atoms with Crippen LogP contribution in [0.25, 0.3) is 11.5 Å². The maximum atomic E-state index is 12.3. The van der Waals surface area contributed by atoms with Gasteiger partial charge in [-0.25, -0.2) is 0 Å². The van der Waals surface area contributed by atoms with E-state index in [2.05, 4.69) is 20.5 Å². The van der Waals surface area contributed by atoms with Gasteiger partial charge in [-0.2, -0.15) is 0 Å². The lowest BCUT2D eigenvalue weighted by molar-refractivity contribution is -0.115. The van der Waals surface area contributed by atoms with Crippen molar-refractivity contribution in [3.05, 3.63) is 54.4 Å². The zero-order chi connectivity index (χ0) is 18.4. The Balaban J connectivity index is 1.57. The van der Waals surface area contributed by atoms with Gasteiger partial charge >= 0.3 is 0 Å². The quantitative estimate of drug-likeness (QED) is 0.504. The predicted molar refractivity (Wildman–Crippen MR) is 97.9 cm³/mol. The number of nitrogens with zero attached hydrogens (tertiary/aromatic N) is 3. The van der Waals surface area contributed by atoms with E-state index < -0.39 is 0 Å². The SMILES string of the molecule is CCC(=O)Nc1ccc(C(=O)CSc2nnc(-c3ccncc3)o2)cc1. The highest BCUT2D eigenvalue weighted by Gasteiger charge is 2.12. The van der Waals surface area contributed by atoms with Crippen molar-refractivity contribution >= 4 is 29.1 Å². The molecule has 0 aliphatic heterocycles. The van der Waals surface area contributed by atoms with Crippen LogP contribution in [0, 0.1) is 0 Å². The lowest BCUT2D eigenvalue weighted by Gasteiger charge is -2.04. The minimum Gasteiger partial charge on any atom is -0.411 e. The Bertz CT molecular complexity index is 894. The zero-order valence-corrected chi connectivity index (χ0v) is 14.8. The molecule has 8 heteroatoms. The van der Waals surface area contributed by atoms with Crippen molar-refractivity contribution in [1.82, 2.24) is 15.2 Å². The van der Waals surface area contributed by atoms with E-state index in [1.54, 1.807) is 55.7 Å². The summed E-state index contributed by atoms with van der Waals surface area (Å²) in [5, 5.41) is 11.0. The van der Waals surface area contributed by atoms with Gasteiger partial charge < -0.3 is 9.73 Å². The average molecular weight is 368 g/mol. The summed E-state index contributed by atoms with van der Waals surface area (Å²) in [6.45, 7) is 1.78. The van der Waals surface area contributed by atoms with Gasteiger partial charge in [0, 0.05) is 35.6 Å². The third kappa shape index (κ3) is 4.54. The zero-order valence-electron chi connectivity index (χ0n) is 14.0. The number of Topliss-reactive ketones (excluding diaryl/α,β-unsaturated/α-hetero) is 1. The number of aromatic nitrogens is 3. The molecule has 0 radical (unpaired) electrons. The molecule has 0 spiro atoms. The van der Waals surface area contributed by atoms with Crippen molar-refractivity contribution < 1.29 is 14.0 Å². The van der Waals surface area contributed by atoms with Crippen LogP contribution in [0.4, 0.5) is 5.69 Å². The molecule has 132 valence electrons. The number of thioether (sulfide) groups is 1. The third-order valence-corrected chi connectivity index (χ3v) is 4.29. The molecule has 1 amide bonds. The van der Waals surface area contributed by atoms with Crippen LogP contribution in [-0.2, 0) is 4.79 Å². The molecule has 0 aliphatic rings. The number of hydrogen-bond donors (Lipinski definition) is 1. The molecule has 0 unspecified atom stereocenters. The molecular formula is C18H16N4O3S. The molecule has 3 aromatic rings. The van der Waals surface area contributed by atoms with Crippen LogP contribution in [0.1, 0.15) is 23.7 Å². The lowest BCUT2D eigenvalue weighted by atomic mass is 10.1. The summed E-state index contributed by atoms with van der Waals surface area (Å²) in [6.07, 6.45) is 3.69. The summed E-state index contributed by atoms with van der Waals surface area (Å²) in [5.41, 5.74) is 2.00. The maximum absolute atomic E-state index is 12.3. The van der Waals surface area contributed by atoms with Gasteiger partial charge in [0.1, 0.15) is 0 Å². The van der Waals surface area contributed by atoms with Crippen molar-refractivity contribution in [2.75, 3.05) is 11.1 Å². The summed E-state index contributed by atoms with van der Waals surface area (Å²) in [4.78, 5) is 27.6. The Labute approximate surface area is 154 Å². The van der Waals surface area contributed by atoms with Crippen LogP contribution in [-0.4, -0.2) is 32.6 Å². The van der Waals surface area contributed by atoms with Crippen molar-refractivity contribution in [1.29, 1.82) is 0 Å². The number of benzene rings is 1. The minimum absolute atomic E-state index is 0.0629. The molecule has 1 aromatic carbocycles. The highest BCUT2D eigenvalue weighted by Crippen LogP contribution is 2.23. The van der Waals surface area contributed by atoms with E-state index in [1.807, 2.05) is 0 Å². The fourth-order valence-corrected chi connectivity index (χ4v) is 2.74. The number of anilines is 1. The first-order chi connectivity index (χ1) is 12.7. The number of amides is 1. The maximum Gasteiger partial charge on any atom is 0.277 e. The fraction of sp³-hybridized carbons (Fsp3) is 0.167. The lowest BCUT2D eigenvalue weighted by Crippen LogP contribution is -2.09. The standard InChI is InChI=1S/C18H16N4O3S/c1-2-16(24)20-14-5-3-12(4-6-14)15(23)11-26-18-22-21-17(25-18)13-7-9-19-10-8-13/h3-10H,2,11H2,1H3,(H,20,24). The third-order valence-electron chi connectivity index (χ3n) is 3.47. The molecule has 0 fully saturated rings. The highest BCUT2D eigenvalue weighted by molar-refractivity contribution is 7.99. The molecule has 7 nitrogen and oxygen atoms in total. The van der Waals surface area contributed by atoms with Gasteiger partial charge in [0.15, 0.2) is 5.78 Å². The molecule has 0 bridgehead atoms. The summed E-state index contributed by atoms with van der Waals surface area (Å²) >= 11 is 1.18. The van der Waals surface area contributed by atoms with Crippen LogP contribution in [0.2, 0.25) is 0 Å². The van der Waals surface area contributed by atoms with Crippen molar-refractivity contribution in [3.8, 4) is 11.5 Å². The summed E-state index contributed by atoms with van der Waals surface area (Å²) < 4.78 is 5.54. The van der Waals surface area contributed by atoms with E-state index in [4.69, 9.17) is 4.42 Å². The number of hydrogen-bond acceptors (Lipinski definition) is 7. The van der Waals surface area contributed by atoms with Crippen molar-refractivity contribution in [2.45, 2.75) is 18.6 Å². The topological polar surface area (TPSA) is 98.0 Å². The number of pyridine rings is 1. The number of carbonyl (C=O) groups is 2. The second-order valence-electron chi connectivity index (χ2n) is 5.30. The Kier molecular flexibility index (Phi) is 5.75. The smallest absolute Gasteiger partial charge is 0.277 e. The van der Waals surface area contributed by atoms with Gasteiger partial charge in [-0.15, -0.1) is 10.2 Å². The van der Waals surface area contributed by atoms with Crippen LogP contribution >= 0.6 is 11.8 Å². The molecule has 1 N–H and O–H groups in total. The number of rotatable bonds is 7. The van der Waals surface area contributed by atoms with Crippen molar-refractivity contribution in [3.63, 3.8) is 0 Å². The van der Waals surface area contributed by atoms with E-state index in [0.717, 1.165) is 5.56 Å². The van der Waals surface area contributed by atoms with E-state index in [1.165, 1.54) is 11.8 Å². The van der Waals surface area contributed by atoms with Gasteiger partial charge in [0.2, 0.25) is 11.8 Å². The summed E-state index contributed by atoms with van der Waals surface area (Å²) in [7, 11) is 0. The number of carbonyl (C=O) groups excluding carboxylic acids is 2. The van der Waals surface area contributed by atoms with Gasteiger partial charge in [0.05, 0.1) is 5.75 Å². The van der Waals surface area contributed by atoms with Gasteiger partial charge in [-0.1, -0.05) is 18.7 Å².